The van der Waals surface area contributed by atoms with Crippen LogP contribution in [-0.2, 0) is 22.3 Å². The van der Waals surface area contributed by atoms with Crippen LogP contribution in [0.2, 0.25) is 0 Å². The third-order valence-electron chi connectivity index (χ3n) is 3.08. The minimum atomic E-state index is -3.56. The molecule has 21 heavy (non-hydrogen) atoms. The van der Waals surface area contributed by atoms with Gasteiger partial charge in [0.05, 0.1) is 22.3 Å². The van der Waals surface area contributed by atoms with Crippen LogP contribution in [-0.4, -0.2) is 26.3 Å². The molecule has 0 spiro atoms. The minimum Gasteiger partial charge on any atom is -0.330 e. The molecule has 0 saturated carbocycles. The van der Waals surface area contributed by atoms with Crippen molar-refractivity contribution >= 4 is 45.0 Å². The number of hydrogen-bond donors (Lipinski definition) is 0. The van der Waals surface area contributed by atoms with Crippen LogP contribution in [0, 0.1) is 0 Å². The summed E-state index contributed by atoms with van der Waals surface area (Å²) in [7, 11) is -3.56. The highest BCUT2D eigenvalue weighted by Gasteiger charge is 2.24. The number of hydrogen-bond acceptors (Lipinski definition) is 5. The number of thiazole rings is 1. The SMILES string of the molecule is O=S1(=O)N=CN(CCc2nc(CCl)cs2)c2ccccc21. The van der Waals surface area contributed by atoms with Gasteiger partial charge in [0.15, 0.2) is 0 Å². The zero-order valence-electron chi connectivity index (χ0n) is 10.9. The number of aromatic nitrogens is 1. The number of para-hydroxylation sites is 1. The van der Waals surface area contributed by atoms with Crippen LogP contribution in [0.1, 0.15) is 10.7 Å². The van der Waals surface area contributed by atoms with E-state index in [1.54, 1.807) is 29.5 Å². The van der Waals surface area contributed by atoms with E-state index in [2.05, 4.69) is 9.38 Å². The molecule has 1 aliphatic rings. The first kappa shape index (κ1) is 14.5. The Kier molecular flexibility index (Phi) is 3.97. The molecule has 1 aromatic heterocycles. The number of fused-ring (bicyclic) bond motifs is 1. The lowest BCUT2D eigenvalue weighted by atomic mass is 10.3. The van der Waals surface area contributed by atoms with Crippen molar-refractivity contribution in [2.45, 2.75) is 17.2 Å². The summed E-state index contributed by atoms with van der Waals surface area (Å²) in [5, 5.41) is 2.91. The van der Waals surface area contributed by atoms with Gasteiger partial charge >= 0.3 is 0 Å². The van der Waals surface area contributed by atoms with E-state index in [1.165, 1.54) is 6.34 Å². The number of benzene rings is 1. The molecule has 110 valence electrons. The van der Waals surface area contributed by atoms with Gasteiger partial charge in [0.1, 0.15) is 11.2 Å². The molecular formula is C13H12ClN3O2S2. The standard InChI is InChI=1S/C13H12ClN3O2S2/c14-7-10-8-20-13(16-10)5-6-17-9-15-21(18,19)12-4-2-1-3-11(12)17/h1-4,8-9H,5-7H2. The van der Waals surface area contributed by atoms with Crippen LogP contribution < -0.4 is 4.90 Å². The van der Waals surface area contributed by atoms with Crippen LogP contribution in [0.25, 0.3) is 0 Å². The molecule has 0 atom stereocenters. The third-order valence-corrected chi connectivity index (χ3v) is 5.58. The number of halogens is 1. The fraction of sp³-hybridized carbons (Fsp3) is 0.231. The number of alkyl halides is 1. The van der Waals surface area contributed by atoms with Gasteiger partial charge in [0, 0.05) is 18.3 Å². The Balaban J connectivity index is 1.80. The van der Waals surface area contributed by atoms with Crippen LogP contribution in [0.5, 0.6) is 0 Å². The van der Waals surface area contributed by atoms with Gasteiger partial charge in [-0.15, -0.1) is 27.3 Å². The van der Waals surface area contributed by atoms with E-state index < -0.39 is 10.0 Å². The number of anilines is 1. The van der Waals surface area contributed by atoms with E-state index in [-0.39, 0.29) is 4.90 Å². The highest BCUT2D eigenvalue weighted by atomic mass is 35.5. The molecule has 0 aliphatic carbocycles. The molecule has 0 saturated heterocycles. The Morgan fingerprint density at radius 1 is 1.29 bits per heavy atom. The summed E-state index contributed by atoms with van der Waals surface area (Å²) in [5.41, 5.74) is 1.52. The normalized spacial score (nSPS) is 16.0. The molecule has 8 heteroatoms. The molecule has 0 bridgehead atoms. The number of nitrogens with zero attached hydrogens (tertiary/aromatic N) is 3. The molecule has 1 aromatic carbocycles. The van der Waals surface area contributed by atoms with Gasteiger partial charge in [0.25, 0.3) is 10.0 Å². The predicted octanol–water partition coefficient (Wildman–Crippen LogP) is 2.66. The van der Waals surface area contributed by atoms with Gasteiger partial charge in [-0.25, -0.2) is 4.98 Å². The molecule has 2 heterocycles. The Labute approximate surface area is 132 Å². The maximum Gasteiger partial charge on any atom is 0.285 e. The molecule has 0 fully saturated rings. The molecular weight excluding hydrogens is 330 g/mol. The Hall–Kier alpha value is -1.44. The maximum atomic E-state index is 11.9. The van der Waals surface area contributed by atoms with Crippen LogP contribution >= 0.6 is 22.9 Å². The average molecular weight is 342 g/mol. The van der Waals surface area contributed by atoms with E-state index in [0.29, 0.717) is 24.5 Å². The minimum absolute atomic E-state index is 0.244. The van der Waals surface area contributed by atoms with Gasteiger partial charge in [-0.05, 0) is 12.1 Å². The summed E-state index contributed by atoms with van der Waals surface area (Å²) < 4.78 is 27.4. The smallest absolute Gasteiger partial charge is 0.285 e. The maximum absolute atomic E-state index is 11.9. The van der Waals surface area contributed by atoms with E-state index >= 15 is 0 Å². The van der Waals surface area contributed by atoms with E-state index in [0.717, 1.165) is 10.7 Å². The summed E-state index contributed by atoms with van der Waals surface area (Å²) in [6.07, 6.45) is 2.08. The van der Waals surface area contributed by atoms with Gasteiger partial charge in [-0.2, -0.15) is 8.42 Å². The van der Waals surface area contributed by atoms with Crippen molar-refractivity contribution in [3.63, 3.8) is 0 Å². The zero-order valence-corrected chi connectivity index (χ0v) is 13.3. The molecule has 1 aliphatic heterocycles. The number of rotatable bonds is 4. The van der Waals surface area contributed by atoms with Crippen LogP contribution in [0.3, 0.4) is 0 Å². The fourth-order valence-electron chi connectivity index (χ4n) is 2.07. The summed E-state index contributed by atoms with van der Waals surface area (Å²) in [5.74, 6) is 0.406. The lowest BCUT2D eigenvalue weighted by molar-refractivity contribution is 0.597. The molecule has 0 amide bonds. The van der Waals surface area contributed by atoms with Crippen molar-refractivity contribution in [1.29, 1.82) is 0 Å². The molecule has 0 radical (unpaired) electrons. The topological polar surface area (TPSA) is 62.6 Å². The Morgan fingerprint density at radius 3 is 2.86 bits per heavy atom. The lowest BCUT2D eigenvalue weighted by Gasteiger charge is -2.24. The lowest BCUT2D eigenvalue weighted by Crippen LogP contribution is -2.29. The monoisotopic (exact) mass is 341 g/mol. The summed E-state index contributed by atoms with van der Waals surface area (Å²) in [4.78, 5) is 6.47. The van der Waals surface area contributed by atoms with Crippen molar-refractivity contribution in [1.82, 2.24) is 4.98 Å². The van der Waals surface area contributed by atoms with Crippen LogP contribution in [0.4, 0.5) is 5.69 Å². The van der Waals surface area contributed by atoms with Gasteiger partial charge in [-0.3, -0.25) is 0 Å². The van der Waals surface area contributed by atoms with Crippen molar-refractivity contribution in [3.8, 4) is 0 Å². The third kappa shape index (κ3) is 2.95. The first-order valence-electron chi connectivity index (χ1n) is 6.25. The summed E-state index contributed by atoms with van der Waals surface area (Å²) in [6, 6.07) is 6.87. The predicted molar refractivity (Wildman–Crippen MR) is 84.8 cm³/mol. The first-order chi connectivity index (χ1) is 10.1. The van der Waals surface area contributed by atoms with Gasteiger partial charge in [-0.1, -0.05) is 12.1 Å². The van der Waals surface area contributed by atoms with Crippen molar-refractivity contribution in [2.75, 3.05) is 11.4 Å². The Morgan fingerprint density at radius 2 is 2.10 bits per heavy atom. The van der Waals surface area contributed by atoms with Crippen LogP contribution in [0.15, 0.2) is 38.9 Å². The molecule has 0 N–H and O–H groups in total. The highest BCUT2D eigenvalue weighted by molar-refractivity contribution is 7.90. The molecule has 3 rings (SSSR count). The summed E-state index contributed by atoms with van der Waals surface area (Å²) in [6.45, 7) is 0.616. The molecule has 2 aromatic rings. The van der Waals surface area contributed by atoms with Crippen molar-refractivity contribution < 1.29 is 8.42 Å². The average Bonchev–Trinajstić information content (AvgIpc) is 2.95. The fourth-order valence-corrected chi connectivity index (χ4v) is 4.14. The number of sulfonamides is 1. The zero-order chi connectivity index (χ0) is 14.9. The van der Waals surface area contributed by atoms with Crippen molar-refractivity contribution in [3.05, 3.63) is 40.3 Å². The van der Waals surface area contributed by atoms with E-state index in [9.17, 15) is 8.42 Å². The van der Waals surface area contributed by atoms with E-state index in [1.807, 2.05) is 16.3 Å². The van der Waals surface area contributed by atoms with E-state index in [4.69, 9.17) is 11.6 Å². The first-order valence-corrected chi connectivity index (χ1v) is 9.11. The van der Waals surface area contributed by atoms with Crippen molar-refractivity contribution in [2.24, 2.45) is 4.40 Å². The second-order valence-electron chi connectivity index (χ2n) is 4.47. The summed E-state index contributed by atoms with van der Waals surface area (Å²) >= 11 is 7.29. The van der Waals surface area contributed by atoms with Gasteiger partial charge in [0.2, 0.25) is 0 Å². The Bertz CT molecular complexity index is 786. The molecule has 0 unspecified atom stereocenters. The highest BCUT2D eigenvalue weighted by Crippen LogP contribution is 2.29. The quantitative estimate of drug-likeness (QED) is 0.802. The second kappa shape index (κ2) is 5.75. The second-order valence-corrected chi connectivity index (χ2v) is 7.28. The van der Waals surface area contributed by atoms with Gasteiger partial charge < -0.3 is 4.90 Å². The largest absolute Gasteiger partial charge is 0.330 e. The molecule has 5 nitrogen and oxygen atoms in total.